The second-order valence-electron chi connectivity index (χ2n) is 7.41. The molecule has 5 nitrogen and oxygen atoms in total. The fraction of sp³-hybridized carbons (Fsp3) is 0.286. The van der Waals surface area contributed by atoms with Crippen LogP contribution in [-0.4, -0.2) is 27.5 Å². The van der Waals surface area contributed by atoms with Crippen LogP contribution in [0, 0.1) is 0 Å². The molecule has 1 atom stereocenters. The Kier molecular flexibility index (Phi) is 5.43. The van der Waals surface area contributed by atoms with Gasteiger partial charge in [0.25, 0.3) is 5.89 Å². The Hall–Kier alpha value is -3.37. The minimum Gasteiger partial charge on any atom is -0.338 e. The molecule has 0 radical (unpaired) electrons. The van der Waals surface area contributed by atoms with Crippen molar-refractivity contribution >= 4 is 5.91 Å². The number of hydrogen-bond donors (Lipinski definition) is 0. The number of amides is 1. The average Bonchev–Trinajstić information content (AvgIpc) is 3.34. The number of alkyl halides is 6. The summed E-state index contributed by atoms with van der Waals surface area (Å²) in [5, 5.41) is 3.83. The van der Waals surface area contributed by atoms with E-state index >= 15 is 0 Å². The first kappa shape index (κ1) is 21.8. The number of carbonyl (C=O) groups excluding carboxylic acids is 1. The number of carbonyl (C=O) groups is 1. The maximum Gasteiger partial charge on any atom is 0.416 e. The van der Waals surface area contributed by atoms with E-state index in [9.17, 15) is 31.1 Å². The highest BCUT2D eigenvalue weighted by atomic mass is 19.4. The van der Waals surface area contributed by atoms with Crippen molar-refractivity contribution in [1.82, 2.24) is 15.0 Å². The zero-order chi connectivity index (χ0) is 23.1. The molecule has 0 N–H and O–H groups in total. The van der Waals surface area contributed by atoms with Crippen molar-refractivity contribution in [2.75, 3.05) is 6.54 Å². The van der Waals surface area contributed by atoms with E-state index in [1.807, 2.05) is 0 Å². The van der Waals surface area contributed by atoms with Gasteiger partial charge in [0.1, 0.15) is 0 Å². The number of nitrogens with zero attached hydrogens (tertiary/aromatic N) is 3. The van der Waals surface area contributed by atoms with Gasteiger partial charge in [-0.05, 0) is 42.0 Å². The van der Waals surface area contributed by atoms with E-state index in [-0.39, 0.29) is 37.1 Å². The molecular formula is C21H15F6N3O2. The summed E-state index contributed by atoms with van der Waals surface area (Å²) in [6.07, 6.45) is -8.90. The minimum atomic E-state index is -4.48. The molecule has 0 spiro atoms. The van der Waals surface area contributed by atoms with Crippen molar-refractivity contribution in [3.8, 4) is 11.5 Å². The number of rotatable bonds is 4. The highest BCUT2D eigenvalue weighted by molar-refractivity contribution is 5.79. The van der Waals surface area contributed by atoms with Crippen molar-refractivity contribution in [3.05, 3.63) is 71.0 Å². The fourth-order valence-electron chi connectivity index (χ4n) is 3.48. The molecule has 1 fully saturated rings. The van der Waals surface area contributed by atoms with Gasteiger partial charge in [-0.25, -0.2) is 0 Å². The van der Waals surface area contributed by atoms with Crippen LogP contribution < -0.4 is 0 Å². The predicted octanol–water partition coefficient (Wildman–Crippen LogP) is 5.29. The van der Waals surface area contributed by atoms with Crippen LogP contribution in [0.2, 0.25) is 0 Å². The lowest BCUT2D eigenvalue weighted by molar-refractivity contribution is -0.138. The van der Waals surface area contributed by atoms with Crippen molar-refractivity contribution in [2.45, 2.75) is 31.2 Å². The maximum atomic E-state index is 12.9. The Labute approximate surface area is 177 Å². The van der Waals surface area contributed by atoms with E-state index in [1.54, 1.807) is 0 Å². The molecule has 3 aromatic rings. The second-order valence-corrected chi connectivity index (χ2v) is 7.41. The first-order valence-corrected chi connectivity index (χ1v) is 9.46. The number of aromatic nitrogens is 2. The van der Waals surface area contributed by atoms with Gasteiger partial charge in [0.15, 0.2) is 5.82 Å². The lowest BCUT2D eigenvalue weighted by atomic mass is 10.1. The van der Waals surface area contributed by atoms with Crippen molar-refractivity contribution in [3.63, 3.8) is 0 Å². The van der Waals surface area contributed by atoms with E-state index in [0.29, 0.717) is 11.1 Å². The highest BCUT2D eigenvalue weighted by Gasteiger charge is 2.35. The molecule has 168 valence electrons. The van der Waals surface area contributed by atoms with E-state index < -0.39 is 29.4 Å². The van der Waals surface area contributed by atoms with Crippen molar-refractivity contribution in [2.24, 2.45) is 0 Å². The number of benzene rings is 2. The zero-order valence-electron chi connectivity index (χ0n) is 16.2. The van der Waals surface area contributed by atoms with Crippen LogP contribution in [0.3, 0.4) is 0 Å². The van der Waals surface area contributed by atoms with Gasteiger partial charge in [-0.15, -0.1) is 0 Å². The molecule has 1 unspecified atom stereocenters. The van der Waals surface area contributed by atoms with E-state index in [0.717, 1.165) is 24.3 Å². The quantitative estimate of drug-likeness (QED) is 0.502. The molecule has 2 aromatic carbocycles. The lowest BCUT2D eigenvalue weighted by Crippen LogP contribution is -2.24. The third-order valence-corrected chi connectivity index (χ3v) is 5.11. The van der Waals surface area contributed by atoms with Crippen LogP contribution >= 0.6 is 0 Å². The smallest absolute Gasteiger partial charge is 0.338 e. The molecule has 0 bridgehead atoms. The van der Waals surface area contributed by atoms with E-state index in [1.165, 1.54) is 29.2 Å². The normalized spacial score (nSPS) is 17.2. The molecule has 1 aromatic heterocycles. The summed E-state index contributed by atoms with van der Waals surface area (Å²) in [7, 11) is 0. The van der Waals surface area contributed by atoms with Gasteiger partial charge >= 0.3 is 12.4 Å². The SMILES string of the molecule is O=C1CC(c2noc(-c3ccc(C(F)(F)F)cc3)n2)CN1Cc1cccc(C(F)(F)F)c1. The van der Waals surface area contributed by atoms with Gasteiger partial charge < -0.3 is 9.42 Å². The monoisotopic (exact) mass is 455 g/mol. The topological polar surface area (TPSA) is 59.2 Å². The van der Waals surface area contributed by atoms with Gasteiger partial charge in [-0.1, -0.05) is 17.3 Å². The Morgan fingerprint density at radius 2 is 1.66 bits per heavy atom. The number of likely N-dealkylation sites (tertiary alicyclic amines) is 1. The number of hydrogen-bond acceptors (Lipinski definition) is 4. The van der Waals surface area contributed by atoms with Crippen molar-refractivity contribution in [1.29, 1.82) is 0 Å². The fourth-order valence-corrected chi connectivity index (χ4v) is 3.48. The summed E-state index contributed by atoms with van der Waals surface area (Å²) >= 11 is 0. The predicted molar refractivity (Wildman–Crippen MR) is 99.0 cm³/mol. The summed E-state index contributed by atoms with van der Waals surface area (Å²) < 4.78 is 81.9. The highest BCUT2D eigenvalue weighted by Crippen LogP contribution is 2.33. The minimum absolute atomic E-state index is 0.00284. The Morgan fingerprint density at radius 1 is 0.969 bits per heavy atom. The zero-order valence-corrected chi connectivity index (χ0v) is 16.2. The molecule has 4 rings (SSSR count). The molecule has 1 saturated heterocycles. The number of halogens is 6. The summed E-state index contributed by atoms with van der Waals surface area (Å²) in [5.41, 5.74) is -0.973. The standard InChI is InChI=1S/C21H15F6N3O2/c22-20(23,24)15-6-4-13(5-7-15)19-28-18(29-32-19)14-9-17(31)30(11-14)10-12-2-1-3-16(8-12)21(25,26)27/h1-8,14H,9-11H2. The Morgan fingerprint density at radius 3 is 2.31 bits per heavy atom. The van der Waals surface area contributed by atoms with Gasteiger partial charge in [0.2, 0.25) is 5.91 Å². The average molecular weight is 455 g/mol. The Balaban J connectivity index is 1.45. The summed E-state index contributed by atoms with van der Waals surface area (Å²) in [6.45, 7) is 0.184. The molecule has 32 heavy (non-hydrogen) atoms. The third kappa shape index (κ3) is 4.61. The summed E-state index contributed by atoms with van der Waals surface area (Å²) in [5.74, 6) is -0.495. The van der Waals surface area contributed by atoms with Crippen LogP contribution in [-0.2, 0) is 23.7 Å². The molecule has 1 aliphatic rings. The first-order chi connectivity index (χ1) is 15.0. The summed E-state index contributed by atoms with van der Waals surface area (Å²) in [6, 6.07) is 8.96. The van der Waals surface area contributed by atoms with Crippen LogP contribution in [0.25, 0.3) is 11.5 Å². The molecular weight excluding hydrogens is 440 g/mol. The molecule has 1 aliphatic heterocycles. The van der Waals surface area contributed by atoms with E-state index in [4.69, 9.17) is 4.52 Å². The largest absolute Gasteiger partial charge is 0.416 e. The van der Waals surface area contributed by atoms with Gasteiger partial charge in [-0.3, -0.25) is 4.79 Å². The van der Waals surface area contributed by atoms with Gasteiger partial charge in [0.05, 0.1) is 11.1 Å². The van der Waals surface area contributed by atoms with Crippen LogP contribution in [0.5, 0.6) is 0 Å². The van der Waals surface area contributed by atoms with Gasteiger partial charge in [-0.2, -0.15) is 31.3 Å². The summed E-state index contributed by atoms with van der Waals surface area (Å²) in [4.78, 5) is 18.0. The van der Waals surface area contributed by atoms with Crippen LogP contribution in [0.1, 0.15) is 34.9 Å². The third-order valence-electron chi connectivity index (χ3n) is 5.11. The molecule has 0 saturated carbocycles. The molecule has 1 amide bonds. The molecule has 2 heterocycles. The lowest BCUT2D eigenvalue weighted by Gasteiger charge is -2.17. The molecule has 11 heteroatoms. The van der Waals surface area contributed by atoms with Crippen LogP contribution in [0.4, 0.5) is 26.3 Å². The Bertz CT molecular complexity index is 1120. The van der Waals surface area contributed by atoms with Gasteiger partial charge in [0, 0.05) is 31.0 Å². The van der Waals surface area contributed by atoms with E-state index in [2.05, 4.69) is 10.1 Å². The second kappa shape index (κ2) is 7.95. The first-order valence-electron chi connectivity index (χ1n) is 9.46. The van der Waals surface area contributed by atoms with Crippen molar-refractivity contribution < 1.29 is 35.7 Å². The maximum absolute atomic E-state index is 12.9. The molecule has 0 aliphatic carbocycles. The van der Waals surface area contributed by atoms with Crippen LogP contribution in [0.15, 0.2) is 53.1 Å².